The zero-order valence-electron chi connectivity index (χ0n) is 20.9. The lowest BCUT2D eigenvalue weighted by molar-refractivity contribution is -0.135. The van der Waals surface area contributed by atoms with E-state index < -0.39 is 11.5 Å². The van der Waals surface area contributed by atoms with Gasteiger partial charge >= 0.3 is 0 Å². The Balaban J connectivity index is 1.69. The van der Waals surface area contributed by atoms with Crippen molar-refractivity contribution in [3.8, 4) is 0 Å². The Labute approximate surface area is 207 Å². The number of hydrogen-bond acceptors (Lipinski definition) is 3. The maximum atomic E-state index is 14.5. The van der Waals surface area contributed by atoms with E-state index in [4.69, 9.17) is 0 Å². The smallest absolute Gasteiger partial charge is 0.253 e. The Hall–Kier alpha value is -3.50. The average Bonchev–Trinajstić information content (AvgIpc) is 3.28. The Bertz CT molecular complexity index is 1290. The summed E-state index contributed by atoms with van der Waals surface area (Å²) in [6.45, 7) is 7.06. The van der Waals surface area contributed by atoms with Gasteiger partial charge in [0.15, 0.2) is 5.78 Å². The summed E-state index contributed by atoms with van der Waals surface area (Å²) in [5, 5.41) is 0. The molecule has 1 saturated heterocycles. The van der Waals surface area contributed by atoms with Crippen LogP contribution in [-0.4, -0.2) is 30.2 Å². The van der Waals surface area contributed by atoms with Crippen molar-refractivity contribution >= 4 is 17.4 Å². The highest BCUT2D eigenvalue weighted by atomic mass is 16.2. The van der Waals surface area contributed by atoms with Crippen molar-refractivity contribution in [2.24, 2.45) is 5.92 Å². The number of allylic oxidation sites excluding steroid dienone is 2. The number of fused-ring (bicyclic) bond motifs is 2. The van der Waals surface area contributed by atoms with E-state index in [9.17, 15) is 9.59 Å². The highest BCUT2D eigenvalue weighted by Crippen LogP contribution is 2.57. The van der Waals surface area contributed by atoms with Gasteiger partial charge in [-0.1, -0.05) is 83.9 Å². The van der Waals surface area contributed by atoms with Crippen molar-refractivity contribution in [2.45, 2.75) is 38.8 Å². The van der Waals surface area contributed by atoms with Crippen LogP contribution in [0.25, 0.3) is 0 Å². The summed E-state index contributed by atoms with van der Waals surface area (Å²) in [5.41, 5.74) is 5.08. The molecule has 1 spiro atoms. The zero-order chi connectivity index (χ0) is 24.7. The normalized spacial score (nSPS) is 23.5. The minimum absolute atomic E-state index is 0.0137. The van der Waals surface area contributed by atoms with E-state index in [0.717, 1.165) is 28.0 Å². The SMILES string of the molecule is CC(C)=CC(=O)[C@@H]1[C@@H](c2ccc(C)cc2)CN(C)[C@@]12C(=O)N(Cc1ccccc1)c1ccccc12. The molecule has 0 radical (unpaired) electrons. The quantitative estimate of drug-likeness (QED) is 0.460. The number of hydrogen-bond donors (Lipinski definition) is 0. The predicted molar refractivity (Wildman–Crippen MR) is 140 cm³/mol. The summed E-state index contributed by atoms with van der Waals surface area (Å²) in [4.78, 5) is 32.5. The molecule has 178 valence electrons. The lowest BCUT2D eigenvalue weighted by atomic mass is 9.71. The summed E-state index contributed by atoms with van der Waals surface area (Å²) in [6.07, 6.45) is 1.72. The third-order valence-corrected chi connectivity index (χ3v) is 7.53. The summed E-state index contributed by atoms with van der Waals surface area (Å²) >= 11 is 0. The average molecular weight is 465 g/mol. The zero-order valence-corrected chi connectivity index (χ0v) is 20.9. The molecule has 3 aromatic rings. The first-order valence-corrected chi connectivity index (χ1v) is 12.3. The molecule has 2 heterocycles. The number of likely N-dealkylation sites (N-methyl/N-ethyl adjacent to an activating group) is 1. The molecule has 3 aromatic carbocycles. The number of amides is 1. The van der Waals surface area contributed by atoms with Crippen molar-refractivity contribution in [1.29, 1.82) is 0 Å². The van der Waals surface area contributed by atoms with E-state index in [1.165, 1.54) is 5.56 Å². The van der Waals surface area contributed by atoms with Gasteiger partial charge in [0.05, 0.1) is 12.5 Å². The molecule has 4 nitrogen and oxygen atoms in total. The van der Waals surface area contributed by atoms with Crippen LogP contribution in [0.5, 0.6) is 0 Å². The third kappa shape index (κ3) is 3.73. The lowest BCUT2D eigenvalue weighted by Gasteiger charge is -2.36. The van der Waals surface area contributed by atoms with E-state index in [2.05, 4.69) is 36.1 Å². The lowest BCUT2D eigenvalue weighted by Crippen LogP contribution is -2.53. The Morgan fingerprint density at radius 3 is 2.31 bits per heavy atom. The molecule has 1 fully saturated rings. The summed E-state index contributed by atoms with van der Waals surface area (Å²) in [5.74, 6) is -0.596. The van der Waals surface area contributed by atoms with Crippen LogP contribution in [-0.2, 0) is 21.7 Å². The maximum Gasteiger partial charge on any atom is 0.253 e. The van der Waals surface area contributed by atoms with E-state index >= 15 is 0 Å². The minimum Gasteiger partial charge on any atom is -0.306 e. The molecule has 1 amide bonds. The van der Waals surface area contributed by atoms with E-state index in [1.54, 1.807) is 6.08 Å². The number of aryl methyl sites for hydroxylation is 1. The first-order valence-electron chi connectivity index (χ1n) is 12.3. The maximum absolute atomic E-state index is 14.5. The number of nitrogens with zero attached hydrogens (tertiary/aromatic N) is 2. The van der Waals surface area contributed by atoms with Crippen molar-refractivity contribution < 1.29 is 9.59 Å². The highest BCUT2D eigenvalue weighted by Gasteiger charge is 2.65. The molecule has 2 aliphatic heterocycles. The molecule has 4 heteroatoms. The molecule has 2 aliphatic rings. The van der Waals surface area contributed by atoms with Crippen LogP contribution < -0.4 is 4.90 Å². The molecule has 3 atom stereocenters. The highest BCUT2D eigenvalue weighted by molar-refractivity contribution is 6.12. The second-order valence-corrected chi connectivity index (χ2v) is 10.2. The van der Waals surface area contributed by atoms with Gasteiger partial charge in [0.2, 0.25) is 0 Å². The van der Waals surface area contributed by atoms with Gasteiger partial charge in [0, 0.05) is 23.7 Å². The molecule has 0 aromatic heterocycles. The molecule has 0 N–H and O–H groups in total. The van der Waals surface area contributed by atoms with Gasteiger partial charge in [-0.3, -0.25) is 14.5 Å². The number of carbonyl (C=O) groups is 2. The largest absolute Gasteiger partial charge is 0.306 e. The van der Waals surface area contributed by atoms with Gasteiger partial charge in [-0.2, -0.15) is 0 Å². The Morgan fingerprint density at radius 1 is 0.971 bits per heavy atom. The Morgan fingerprint density at radius 2 is 1.63 bits per heavy atom. The molecule has 5 rings (SSSR count). The number of carbonyl (C=O) groups excluding carboxylic acids is 2. The van der Waals surface area contributed by atoms with Gasteiger partial charge in [0.1, 0.15) is 5.54 Å². The number of para-hydroxylation sites is 1. The van der Waals surface area contributed by atoms with Crippen LogP contribution in [0.1, 0.15) is 42.0 Å². The fraction of sp³-hybridized carbons (Fsp3) is 0.290. The van der Waals surface area contributed by atoms with E-state index in [0.29, 0.717) is 13.1 Å². The monoisotopic (exact) mass is 464 g/mol. The molecule has 0 aliphatic carbocycles. The van der Waals surface area contributed by atoms with Gasteiger partial charge in [0.25, 0.3) is 5.91 Å². The van der Waals surface area contributed by atoms with Crippen molar-refractivity contribution in [1.82, 2.24) is 4.90 Å². The Kier molecular flexibility index (Phi) is 5.94. The molecular formula is C31H32N2O2. The van der Waals surface area contributed by atoms with Gasteiger partial charge < -0.3 is 4.90 Å². The minimum atomic E-state index is -1.04. The molecule has 0 saturated carbocycles. The second kappa shape index (κ2) is 8.94. The molecular weight excluding hydrogens is 432 g/mol. The first-order chi connectivity index (χ1) is 16.8. The van der Waals surface area contributed by atoms with Crippen LogP contribution >= 0.6 is 0 Å². The van der Waals surface area contributed by atoms with Gasteiger partial charge in [-0.05, 0) is 51.1 Å². The van der Waals surface area contributed by atoms with E-state index in [1.807, 2.05) is 80.4 Å². The van der Waals surface area contributed by atoms with Crippen molar-refractivity contribution in [2.75, 3.05) is 18.5 Å². The number of benzene rings is 3. The second-order valence-electron chi connectivity index (χ2n) is 10.2. The van der Waals surface area contributed by atoms with Crippen LogP contribution in [0, 0.1) is 12.8 Å². The number of rotatable bonds is 5. The van der Waals surface area contributed by atoms with Crippen molar-refractivity contribution in [3.05, 3.63) is 113 Å². The summed E-state index contributed by atoms with van der Waals surface area (Å²) in [6, 6.07) is 26.5. The standard InChI is InChI=1S/C31H32N2O2/c1-21(2)18-28(34)29-25(24-16-14-22(3)15-17-24)20-32(4)31(29)26-12-8-9-13-27(26)33(30(31)35)19-23-10-6-5-7-11-23/h5-18,25,29H,19-20H2,1-4H3/t25-,29+,31-/m1/s1. The third-order valence-electron chi connectivity index (χ3n) is 7.53. The van der Waals surface area contributed by atoms with Crippen LogP contribution in [0.3, 0.4) is 0 Å². The van der Waals surface area contributed by atoms with Crippen molar-refractivity contribution in [3.63, 3.8) is 0 Å². The number of ketones is 1. The fourth-order valence-electron chi connectivity index (χ4n) is 6.02. The predicted octanol–water partition coefficient (Wildman–Crippen LogP) is 5.62. The van der Waals surface area contributed by atoms with Gasteiger partial charge in [-0.25, -0.2) is 0 Å². The number of likely N-dealkylation sites (tertiary alicyclic amines) is 1. The topological polar surface area (TPSA) is 40.6 Å². The van der Waals surface area contributed by atoms with Crippen LogP contribution in [0.15, 0.2) is 90.5 Å². The van der Waals surface area contributed by atoms with E-state index in [-0.39, 0.29) is 17.6 Å². The fourth-order valence-corrected chi connectivity index (χ4v) is 6.02. The van der Waals surface area contributed by atoms with Gasteiger partial charge in [-0.15, -0.1) is 0 Å². The summed E-state index contributed by atoms with van der Waals surface area (Å²) in [7, 11) is 2.00. The van der Waals surface area contributed by atoms with Crippen LogP contribution in [0.4, 0.5) is 5.69 Å². The summed E-state index contributed by atoms with van der Waals surface area (Å²) < 4.78 is 0. The molecule has 0 unspecified atom stereocenters. The first kappa shape index (κ1) is 23.3. The number of anilines is 1. The van der Waals surface area contributed by atoms with Crippen LogP contribution in [0.2, 0.25) is 0 Å². The molecule has 35 heavy (non-hydrogen) atoms. The molecule has 0 bridgehead atoms.